The van der Waals surface area contributed by atoms with Crippen LogP contribution in [0.2, 0.25) is 0 Å². The highest BCUT2D eigenvalue weighted by Gasteiger charge is 2.27. The van der Waals surface area contributed by atoms with Crippen LogP contribution in [0.1, 0.15) is 17.5 Å². The minimum absolute atomic E-state index is 0.0845. The average molecular weight is 382 g/mol. The van der Waals surface area contributed by atoms with Crippen LogP contribution in [-0.2, 0) is 19.6 Å². The summed E-state index contributed by atoms with van der Waals surface area (Å²) in [4.78, 5) is 11.6. The highest BCUT2D eigenvalue weighted by molar-refractivity contribution is 7.89. The lowest BCUT2D eigenvalue weighted by Crippen LogP contribution is -2.32. The molecule has 1 amide bonds. The molecule has 0 atom stereocenters. The largest absolute Gasteiger partial charge is 0.411 e. The predicted molar refractivity (Wildman–Crippen MR) is 85.6 cm³/mol. The molecule has 10 heteroatoms. The van der Waals surface area contributed by atoms with E-state index in [-0.39, 0.29) is 31.0 Å². The minimum Gasteiger partial charge on any atom is -0.370 e. The molecule has 0 aromatic heterocycles. The van der Waals surface area contributed by atoms with Crippen molar-refractivity contribution < 1.29 is 31.1 Å². The van der Waals surface area contributed by atoms with Crippen LogP contribution in [0, 0.1) is 13.8 Å². The highest BCUT2D eigenvalue weighted by Crippen LogP contribution is 2.15. The number of sulfonamides is 1. The zero-order valence-electron chi connectivity index (χ0n) is 13.9. The van der Waals surface area contributed by atoms with E-state index < -0.39 is 28.7 Å². The van der Waals surface area contributed by atoms with E-state index in [1.165, 1.54) is 12.1 Å². The first-order valence-corrected chi connectivity index (χ1v) is 8.98. The maximum absolute atomic E-state index is 12.1. The molecule has 6 nitrogen and oxygen atoms in total. The SMILES string of the molecule is Cc1ccc(S(=O)(=O)NCCC(=O)NCCOCC(F)(F)F)cc1C. The van der Waals surface area contributed by atoms with E-state index >= 15 is 0 Å². The number of carbonyl (C=O) groups is 1. The van der Waals surface area contributed by atoms with E-state index in [1.54, 1.807) is 13.0 Å². The summed E-state index contributed by atoms with van der Waals surface area (Å²) < 4.78 is 66.3. The Morgan fingerprint density at radius 1 is 1.16 bits per heavy atom. The quantitative estimate of drug-likeness (QED) is 0.637. The lowest BCUT2D eigenvalue weighted by molar-refractivity contribution is -0.173. The van der Waals surface area contributed by atoms with Crippen molar-refractivity contribution in [2.24, 2.45) is 0 Å². The Morgan fingerprint density at radius 3 is 2.44 bits per heavy atom. The fourth-order valence-electron chi connectivity index (χ4n) is 1.80. The summed E-state index contributed by atoms with van der Waals surface area (Å²) in [7, 11) is -3.72. The number of amides is 1. The third-order valence-corrected chi connectivity index (χ3v) is 4.73. The summed E-state index contributed by atoms with van der Waals surface area (Å²) in [5.74, 6) is -0.488. The molecule has 0 spiro atoms. The number of aryl methyl sites for hydroxylation is 2. The van der Waals surface area contributed by atoms with Gasteiger partial charge in [-0.2, -0.15) is 13.2 Å². The van der Waals surface area contributed by atoms with Crippen LogP contribution in [0.3, 0.4) is 0 Å². The van der Waals surface area contributed by atoms with Crippen molar-refractivity contribution in [1.82, 2.24) is 10.0 Å². The Kier molecular flexibility index (Phi) is 7.84. The molecule has 0 bridgehead atoms. The van der Waals surface area contributed by atoms with Gasteiger partial charge in [0.2, 0.25) is 15.9 Å². The van der Waals surface area contributed by atoms with Gasteiger partial charge in [0.15, 0.2) is 0 Å². The van der Waals surface area contributed by atoms with Crippen molar-refractivity contribution in [2.45, 2.75) is 31.3 Å². The number of ether oxygens (including phenoxy) is 1. The first kappa shape index (κ1) is 21.4. The van der Waals surface area contributed by atoms with E-state index in [4.69, 9.17) is 0 Å². The number of nitrogens with one attached hydrogen (secondary N) is 2. The molecule has 0 aliphatic carbocycles. The van der Waals surface area contributed by atoms with Gasteiger partial charge in [-0.3, -0.25) is 4.79 Å². The van der Waals surface area contributed by atoms with Gasteiger partial charge in [-0.25, -0.2) is 13.1 Å². The number of rotatable bonds is 9. The van der Waals surface area contributed by atoms with Gasteiger partial charge in [-0.15, -0.1) is 0 Å². The Balaban J connectivity index is 2.31. The molecule has 0 fully saturated rings. The third-order valence-electron chi connectivity index (χ3n) is 3.27. The number of hydrogen-bond donors (Lipinski definition) is 2. The van der Waals surface area contributed by atoms with E-state index in [9.17, 15) is 26.4 Å². The van der Waals surface area contributed by atoms with Gasteiger partial charge in [0.1, 0.15) is 6.61 Å². The van der Waals surface area contributed by atoms with Crippen molar-refractivity contribution >= 4 is 15.9 Å². The molecule has 0 saturated carbocycles. The van der Waals surface area contributed by atoms with Gasteiger partial charge >= 0.3 is 6.18 Å². The van der Waals surface area contributed by atoms with Crippen LogP contribution >= 0.6 is 0 Å². The number of hydrogen-bond acceptors (Lipinski definition) is 4. The zero-order valence-corrected chi connectivity index (χ0v) is 14.8. The van der Waals surface area contributed by atoms with Crippen LogP contribution in [0.15, 0.2) is 23.1 Å². The number of carbonyl (C=O) groups excluding carboxylic acids is 1. The summed E-state index contributed by atoms with van der Waals surface area (Å²) in [5.41, 5.74) is 1.80. The van der Waals surface area contributed by atoms with Crippen LogP contribution in [-0.4, -0.2) is 46.8 Å². The van der Waals surface area contributed by atoms with Crippen molar-refractivity contribution in [1.29, 1.82) is 0 Å². The fourth-order valence-corrected chi connectivity index (χ4v) is 2.92. The average Bonchev–Trinajstić information content (AvgIpc) is 2.48. The summed E-state index contributed by atoms with van der Waals surface area (Å²) in [6, 6.07) is 4.70. The Labute approximate surface area is 144 Å². The summed E-state index contributed by atoms with van der Waals surface area (Å²) in [6.07, 6.45) is -4.54. The Hall–Kier alpha value is -1.65. The predicted octanol–water partition coefficient (Wildman–Crippen LogP) is 1.67. The smallest absolute Gasteiger partial charge is 0.370 e. The number of halogens is 3. The van der Waals surface area contributed by atoms with Crippen molar-refractivity contribution in [2.75, 3.05) is 26.3 Å². The van der Waals surface area contributed by atoms with E-state index in [2.05, 4.69) is 14.8 Å². The zero-order chi connectivity index (χ0) is 19.1. The first-order chi connectivity index (χ1) is 11.5. The van der Waals surface area contributed by atoms with Gasteiger partial charge in [0.05, 0.1) is 11.5 Å². The normalized spacial score (nSPS) is 12.2. The van der Waals surface area contributed by atoms with Gasteiger partial charge < -0.3 is 10.1 Å². The van der Waals surface area contributed by atoms with Crippen molar-refractivity contribution in [3.05, 3.63) is 29.3 Å². The third kappa shape index (κ3) is 8.32. The van der Waals surface area contributed by atoms with Crippen molar-refractivity contribution in [3.8, 4) is 0 Å². The van der Waals surface area contributed by atoms with Crippen molar-refractivity contribution in [3.63, 3.8) is 0 Å². The molecule has 1 aromatic rings. The molecule has 2 N–H and O–H groups in total. The molecule has 1 rings (SSSR count). The van der Waals surface area contributed by atoms with E-state index in [1.807, 2.05) is 6.92 Å². The molecule has 0 aliphatic rings. The van der Waals surface area contributed by atoms with Gasteiger partial charge in [-0.1, -0.05) is 6.07 Å². The highest BCUT2D eigenvalue weighted by atomic mass is 32.2. The topological polar surface area (TPSA) is 84.5 Å². The van der Waals surface area contributed by atoms with Gasteiger partial charge in [0, 0.05) is 19.5 Å². The maximum atomic E-state index is 12.1. The minimum atomic E-state index is -4.41. The van der Waals surface area contributed by atoms with Crippen LogP contribution in [0.25, 0.3) is 0 Å². The molecule has 1 aromatic carbocycles. The second kappa shape index (κ2) is 9.16. The fraction of sp³-hybridized carbons (Fsp3) is 0.533. The van der Waals surface area contributed by atoms with E-state index in [0.29, 0.717) is 0 Å². The van der Waals surface area contributed by atoms with Gasteiger partial charge in [0.25, 0.3) is 0 Å². The van der Waals surface area contributed by atoms with Crippen LogP contribution in [0.5, 0.6) is 0 Å². The maximum Gasteiger partial charge on any atom is 0.411 e. The second-order valence-corrected chi connectivity index (χ2v) is 7.18. The Bertz CT molecular complexity index is 691. The number of alkyl halides is 3. The van der Waals surface area contributed by atoms with Crippen LogP contribution < -0.4 is 10.0 Å². The lowest BCUT2D eigenvalue weighted by atomic mass is 10.1. The molecule has 0 aliphatic heterocycles. The monoisotopic (exact) mass is 382 g/mol. The van der Waals surface area contributed by atoms with Crippen LogP contribution in [0.4, 0.5) is 13.2 Å². The summed E-state index contributed by atoms with van der Waals surface area (Å²) in [6.45, 7) is 1.80. The summed E-state index contributed by atoms with van der Waals surface area (Å²) in [5, 5.41) is 2.35. The lowest BCUT2D eigenvalue weighted by Gasteiger charge is -2.10. The molecule has 0 radical (unpaired) electrons. The Morgan fingerprint density at radius 2 is 1.84 bits per heavy atom. The molecular weight excluding hydrogens is 361 g/mol. The van der Waals surface area contributed by atoms with E-state index in [0.717, 1.165) is 11.1 Å². The second-order valence-electron chi connectivity index (χ2n) is 5.41. The molecule has 25 heavy (non-hydrogen) atoms. The number of benzene rings is 1. The molecule has 0 heterocycles. The molecule has 0 unspecified atom stereocenters. The molecular formula is C15H21F3N2O4S. The summed E-state index contributed by atoms with van der Waals surface area (Å²) >= 11 is 0. The molecule has 0 saturated heterocycles. The molecule has 142 valence electrons. The van der Waals surface area contributed by atoms with Gasteiger partial charge in [-0.05, 0) is 37.1 Å². The standard InChI is InChI=1S/C15H21F3N2O4S/c1-11-3-4-13(9-12(11)2)25(22,23)20-6-5-14(21)19-7-8-24-10-15(16,17)18/h3-4,9,20H,5-8,10H2,1-2H3,(H,19,21). The first-order valence-electron chi connectivity index (χ1n) is 7.49.